The van der Waals surface area contributed by atoms with Gasteiger partial charge in [-0.15, -0.1) is 0 Å². The minimum Gasteiger partial charge on any atom is -0.269 e. The molecule has 1 aromatic rings. The van der Waals surface area contributed by atoms with Crippen molar-refractivity contribution in [2.45, 2.75) is 40.0 Å². The molecule has 0 unspecified atom stereocenters. The molecule has 0 fully saturated rings. The Bertz CT molecular complexity index is 515. The van der Waals surface area contributed by atoms with Gasteiger partial charge in [0.15, 0.2) is 0 Å². The highest BCUT2D eigenvalue weighted by Gasteiger charge is 2.28. The van der Waals surface area contributed by atoms with Crippen molar-refractivity contribution in [2.75, 3.05) is 4.90 Å². The number of hydrogen-bond acceptors (Lipinski definition) is 2. The van der Waals surface area contributed by atoms with Crippen LogP contribution in [0.3, 0.4) is 0 Å². The Morgan fingerprint density at radius 3 is 1.68 bits per heavy atom. The summed E-state index contributed by atoms with van der Waals surface area (Å²) in [4.78, 5) is 25.1. The highest BCUT2D eigenvalue weighted by molar-refractivity contribution is 6.28. The summed E-state index contributed by atoms with van der Waals surface area (Å²) >= 11 is 0. The Labute approximate surface area is 113 Å². The fourth-order valence-electron chi connectivity index (χ4n) is 2.48. The van der Waals surface area contributed by atoms with Crippen LogP contribution < -0.4 is 4.90 Å². The Morgan fingerprint density at radius 1 is 0.842 bits per heavy atom. The molecule has 0 spiro atoms. The van der Waals surface area contributed by atoms with E-state index in [-0.39, 0.29) is 11.8 Å². The quantitative estimate of drug-likeness (QED) is 0.778. The van der Waals surface area contributed by atoms with E-state index in [2.05, 4.69) is 32.9 Å². The predicted octanol–water partition coefficient (Wildman–Crippen LogP) is 2.80. The van der Waals surface area contributed by atoms with Crippen LogP contribution >= 0.6 is 0 Å². The number of carbonyl (C=O) groups excluding carboxylic acids is 2. The highest BCUT2D eigenvalue weighted by atomic mass is 16.2. The molecule has 3 nitrogen and oxygen atoms in total. The van der Waals surface area contributed by atoms with Crippen LogP contribution in [0.5, 0.6) is 0 Å². The molecular weight excluding hydrogens is 238 g/mol. The van der Waals surface area contributed by atoms with Crippen LogP contribution in [0.2, 0.25) is 0 Å². The molecule has 100 valence electrons. The van der Waals surface area contributed by atoms with Crippen molar-refractivity contribution in [1.29, 1.82) is 0 Å². The molecule has 3 heteroatoms. The summed E-state index contributed by atoms with van der Waals surface area (Å²) in [6.45, 7) is 6.22. The third-order valence-electron chi connectivity index (χ3n) is 3.53. The number of benzene rings is 1. The van der Waals surface area contributed by atoms with E-state index in [1.54, 1.807) is 0 Å². The van der Waals surface area contributed by atoms with Gasteiger partial charge in [0.05, 0.1) is 5.69 Å². The van der Waals surface area contributed by atoms with Gasteiger partial charge >= 0.3 is 0 Å². The smallest absolute Gasteiger partial charge is 0.258 e. The molecular formula is C16H19NO2. The van der Waals surface area contributed by atoms with Crippen molar-refractivity contribution >= 4 is 17.5 Å². The number of aryl methyl sites for hydroxylation is 3. The number of anilines is 1. The van der Waals surface area contributed by atoms with Crippen molar-refractivity contribution in [3.8, 4) is 0 Å². The van der Waals surface area contributed by atoms with Crippen LogP contribution in [0.25, 0.3) is 0 Å². The molecule has 1 heterocycles. The van der Waals surface area contributed by atoms with Crippen molar-refractivity contribution in [1.82, 2.24) is 0 Å². The Kier molecular flexibility index (Phi) is 3.84. The maximum absolute atomic E-state index is 11.9. The Balaban J connectivity index is 2.61. The van der Waals surface area contributed by atoms with Crippen molar-refractivity contribution in [2.24, 2.45) is 0 Å². The normalized spacial score (nSPS) is 14.6. The zero-order valence-corrected chi connectivity index (χ0v) is 11.7. The molecule has 0 N–H and O–H groups in total. The average molecular weight is 257 g/mol. The van der Waals surface area contributed by atoms with Crippen LogP contribution in [0.4, 0.5) is 5.69 Å². The lowest BCUT2D eigenvalue weighted by Gasteiger charge is -2.22. The molecule has 0 atom stereocenters. The molecule has 1 aromatic carbocycles. The van der Waals surface area contributed by atoms with E-state index in [0.29, 0.717) is 0 Å². The van der Waals surface area contributed by atoms with Gasteiger partial charge in [-0.05, 0) is 36.0 Å². The van der Waals surface area contributed by atoms with Gasteiger partial charge < -0.3 is 0 Å². The molecule has 2 amide bonds. The maximum Gasteiger partial charge on any atom is 0.258 e. The van der Waals surface area contributed by atoms with Crippen molar-refractivity contribution < 1.29 is 9.59 Å². The minimum atomic E-state index is -0.237. The highest BCUT2D eigenvalue weighted by Crippen LogP contribution is 2.31. The summed E-state index contributed by atoms with van der Waals surface area (Å²) < 4.78 is 0. The van der Waals surface area contributed by atoms with E-state index < -0.39 is 0 Å². The third-order valence-corrected chi connectivity index (χ3v) is 3.53. The average Bonchev–Trinajstić information content (AvgIpc) is 2.76. The predicted molar refractivity (Wildman–Crippen MR) is 76.2 cm³/mol. The maximum atomic E-state index is 11.9. The molecule has 2 rings (SSSR count). The molecule has 1 aliphatic rings. The van der Waals surface area contributed by atoms with Crippen LogP contribution in [0.1, 0.15) is 37.5 Å². The molecule has 0 saturated heterocycles. The largest absolute Gasteiger partial charge is 0.269 e. The molecule has 0 bridgehead atoms. The van der Waals surface area contributed by atoms with Crippen LogP contribution in [0.15, 0.2) is 24.3 Å². The number of carbonyl (C=O) groups is 2. The summed E-state index contributed by atoms with van der Waals surface area (Å²) in [7, 11) is 0. The summed E-state index contributed by atoms with van der Waals surface area (Å²) in [5.41, 5.74) is 4.19. The summed E-state index contributed by atoms with van der Waals surface area (Å²) in [5, 5.41) is 0. The van der Waals surface area contributed by atoms with Gasteiger partial charge in [-0.1, -0.05) is 32.9 Å². The van der Waals surface area contributed by atoms with E-state index >= 15 is 0 Å². The van der Waals surface area contributed by atoms with Gasteiger partial charge in [0, 0.05) is 12.2 Å². The van der Waals surface area contributed by atoms with Crippen molar-refractivity contribution in [3.63, 3.8) is 0 Å². The monoisotopic (exact) mass is 257 g/mol. The number of amides is 2. The zero-order chi connectivity index (χ0) is 14.0. The topological polar surface area (TPSA) is 37.4 Å². The first-order valence-electron chi connectivity index (χ1n) is 6.83. The molecule has 0 saturated carbocycles. The van der Waals surface area contributed by atoms with Gasteiger partial charge in [-0.2, -0.15) is 0 Å². The van der Waals surface area contributed by atoms with Crippen LogP contribution in [0, 0.1) is 0 Å². The Hall–Kier alpha value is -1.90. The van der Waals surface area contributed by atoms with E-state index in [0.717, 1.165) is 36.1 Å². The van der Waals surface area contributed by atoms with E-state index in [1.807, 2.05) is 0 Å². The van der Waals surface area contributed by atoms with Gasteiger partial charge in [-0.3, -0.25) is 9.59 Å². The number of rotatable bonds is 4. The number of hydrogen-bond donors (Lipinski definition) is 0. The van der Waals surface area contributed by atoms with E-state index in [4.69, 9.17) is 0 Å². The molecule has 1 aliphatic heterocycles. The fraction of sp³-hybridized carbons (Fsp3) is 0.375. The molecule has 19 heavy (non-hydrogen) atoms. The standard InChI is InChI=1S/C16H19NO2/c1-4-11-9-12(5-2)16(13(6-3)10-11)17-14(18)7-8-15(17)19/h7-10H,4-6H2,1-3H3. The van der Waals surface area contributed by atoms with Crippen LogP contribution in [-0.2, 0) is 28.9 Å². The van der Waals surface area contributed by atoms with Crippen LogP contribution in [-0.4, -0.2) is 11.8 Å². The molecule has 0 aliphatic carbocycles. The first-order chi connectivity index (χ1) is 9.12. The number of imide groups is 1. The first-order valence-corrected chi connectivity index (χ1v) is 6.83. The minimum absolute atomic E-state index is 0.237. The van der Waals surface area contributed by atoms with Gasteiger partial charge in [0.2, 0.25) is 0 Å². The third kappa shape index (κ3) is 2.33. The second-order valence-corrected chi connectivity index (χ2v) is 4.67. The SMILES string of the molecule is CCc1cc(CC)c(N2C(=O)C=CC2=O)c(CC)c1. The molecule has 0 radical (unpaired) electrons. The zero-order valence-electron chi connectivity index (χ0n) is 11.7. The molecule has 0 aromatic heterocycles. The summed E-state index contributed by atoms with van der Waals surface area (Å²) in [6.07, 6.45) is 5.27. The van der Waals surface area contributed by atoms with E-state index in [9.17, 15) is 9.59 Å². The fourth-order valence-corrected chi connectivity index (χ4v) is 2.48. The summed E-state index contributed by atoms with van der Waals surface area (Å²) in [6, 6.07) is 4.21. The van der Waals surface area contributed by atoms with Gasteiger partial charge in [0.1, 0.15) is 0 Å². The van der Waals surface area contributed by atoms with Gasteiger partial charge in [-0.25, -0.2) is 4.90 Å². The number of nitrogens with zero attached hydrogens (tertiary/aromatic N) is 1. The first kappa shape index (κ1) is 13.5. The van der Waals surface area contributed by atoms with Crippen molar-refractivity contribution in [3.05, 3.63) is 41.0 Å². The van der Waals surface area contributed by atoms with E-state index in [1.165, 1.54) is 22.6 Å². The second kappa shape index (κ2) is 5.39. The summed E-state index contributed by atoms with van der Waals surface area (Å²) in [5.74, 6) is -0.475. The van der Waals surface area contributed by atoms with Gasteiger partial charge in [0.25, 0.3) is 11.8 Å². The lowest BCUT2D eigenvalue weighted by atomic mass is 9.97. The lowest BCUT2D eigenvalue weighted by Crippen LogP contribution is -2.31. The Morgan fingerprint density at radius 2 is 1.32 bits per heavy atom. The second-order valence-electron chi connectivity index (χ2n) is 4.67. The lowest BCUT2D eigenvalue weighted by molar-refractivity contribution is -0.120.